The van der Waals surface area contributed by atoms with E-state index in [1.807, 2.05) is 6.92 Å². The number of likely N-dealkylation sites (tertiary alicyclic amines) is 1. The molecule has 0 aliphatic carbocycles. The van der Waals surface area contributed by atoms with Gasteiger partial charge in [0.05, 0.1) is 0 Å². The van der Waals surface area contributed by atoms with Crippen LogP contribution in [-0.2, 0) is 6.42 Å². The maximum Gasteiger partial charge on any atom is 0.129 e. The van der Waals surface area contributed by atoms with E-state index in [1.165, 1.54) is 25.8 Å². The molecule has 4 heteroatoms. The minimum Gasteiger partial charge on any atom is -0.368 e. The van der Waals surface area contributed by atoms with E-state index in [0.717, 1.165) is 36.8 Å². The van der Waals surface area contributed by atoms with Gasteiger partial charge in [-0.15, -0.1) is 0 Å². The van der Waals surface area contributed by atoms with Gasteiger partial charge in [-0.1, -0.05) is 20.3 Å². The number of rotatable bonds is 5. The second-order valence-electron chi connectivity index (χ2n) is 5.30. The first-order chi connectivity index (χ1) is 9.22. The molecule has 1 saturated heterocycles. The maximum absolute atomic E-state index is 4.48. The van der Waals surface area contributed by atoms with Gasteiger partial charge in [0.15, 0.2) is 0 Å². The molecular formula is C15H26N4. The van der Waals surface area contributed by atoms with Crippen molar-refractivity contribution in [2.75, 3.05) is 25.0 Å². The van der Waals surface area contributed by atoms with E-state index in [1.54, 1.807) is 0 Å². The standard InChI is InChI=1S/C15H26N4/c1-4-13-10-15(18-12(3)17-13)16-11-14-8-6-7-9-19(14)5-2/h10,14H,4-9,11H2,1-3H3,(H,16,17,18). The number of aryl methyl sites for hydroxylation is 2. The lowest BCUT2D eigenvalue weighted by Crippen LogP contribution is -2.43. The van der Waals surface area contributed by atoms with Crippen molar-refractivity contribution in [3.05, 3.63) is 17.6 Å². The van der Waals surface area contributed by atoms with Crippen molar-refractivity contribution in [2.45, 2.75) is 52.5 Å². The minimum atomic E-state index is 0.652. The summed E-state index contributed by atoms with van der Waals surface area (Å²) in [4.78, 5) is 11.5. The molecule has 19 heavy (non-hydrogen) atoms. The van der Waals surface area contributed by atoms with E-state index in [4.69, 9.17) is 0 Å². The Labute approximate surface area is 116 Å². The zero-order valence-corrected chi connectivity index (χ0v) is 12.4. The molecule has 1 unspecified atom stereocenters. The van der Waals surface area contributed by atoms with Crippen LogP contribution >= 0.6 is 0 Å². The summed E-state index contributed by atoms with van der Waals surface area (Å²) in [5, 5.41) is 3.50. The van der Waals surface area contributed by atoms with Gasteiger partial charge in [0.25, 0.3) is 0 Å². The molecule has 1 aromatic heterocycles. The molecule has 0 bridgehead atoms. The van der Waals surface area contributed by atoms with Crippen molar-refractivity contribution in [3.8, 4) is 0 Å². The van der Waals surface area contributed by atoms with Gasteiger partial charge in [-0.05, 0) is 39.3 Å². The van der Waals surface area contributed by atoms with Gasteiger partial charge in [0, 0.05) is 24.3 Å². The first-order valence-corrected chi connectivity index (χ1v) is 7.55. The van der Waals surface area contributed by atoms with Crippen LogP contribution in [0.25, 0.3) is 0 Å². The van der Waals surface area contributed by atoms with E-state index in [0.29, 0.717) is 6.04 Å². The Morgan fingerprint density at radius 1 is 1.32 bits per heavy atom. The van der Waals surface area contributed by atoms with Crippen LogP contribution in [0.1, 0.15) is 44.6 Å². The first-order valence-electron chi connectivity index (χ1n) is 7.55. The van der Waals surface area contributed by atoms with Crippen molar-refractivity contribution in [1.82, 2.24) is 14.9 Å². The Kier molecular flexibility index (Phi) is 5.14. The van der Waals surface area contributed by atoms with Gasteiger partial charge >= 0.3 is 0 Å². The Morgan fingerprint density at radius 3 is 2.89 bits per heavy atom. The average Bonchev–Trinajstić information content (AvgIpc) is 2.44. The first kappa shape index (κ1) is 14.3. The summed E-state index contributed by atoms with van der Waals surface area (Å²) in [6.07, 6.45) is 4.96. The molecule has 0 aromatic carbocycles. The molecule has 1 atom stereocenters. The van der Waals surface area contributed by atoms with Gasteiger partial charge in [-0.25, -0.2) is 9.97 Å². The van der Waals surface area contributed by atoms with Crippen molar-refractivity contribution >= 4 is 5.82 Å². The van der Waals surface area contributed by atoms with E-state index in [-0.39, 0.29) is 0 Å². The van der Waals surface area contributed by atoms with Crippen LogP contribution in [-0.4, -0.2) is 40.5 Å². The molecule has 1 aliphatic heterocycles. The molecule has 2 rings (SSSR count). The monoisotopic (exact) mass is 262 g/mol. The van der Waals surface area contributed by atoms with E-state index < -0.39 is 0 Å². The molecule has 1 aliphatic rings. The topological polar surface area (TPSA) is 41.0 Å². The summed E-state index contributed by atoms with van der Waals surface area (Å²) in [5.74, 6) is 1.84. The van der Waals surface area contributed by atoms with Crippen LogP contribution in [0.3, 0.4) is 0 Å². The number of nitrogens with one attached hydrogen (secondary N) is 1. The molecule has 1 aromatic rings. The summed E-state index contributed by atoms with van der Waals surface area (Å²) in [6, 6.07) is 2.73. The molecule has 4 nitrogen and oxygen atoms in total. The molecule has 1 fully saturated rings. The Bertz CT molecular complexity index is 405. The molecule has 0 spiro atoms. The van der Waals surface area contributed by atoms with Gasteiger partial charge in [0.2, 0.25) is 0 Å². The highest BCUT2D eigenvalue weighted by Gasteiger charge is 2.20. The second-order valence-corrected chi connectivity index (χ2v) is 5.30. The number of hydrogen-bond donors (Lipinski definition) is 1. The summed E-state index contributed by atoms with van der Waals surface area (Å²) in [5.41, 5.74) is 1.12. The van der Waals surface area contributed by atoms with Crippen LogP contribution in [0.5, 0.6) is 0 Å². The van der Waals surface area contributed by atoms with E-state index in [9.17, 15) is 0 Å². The highest BCUT2D eigenvalue weighted by atomic mass is 15.2. The summed E-state index contributed by atoms with van der Waals surface area (Å²) in [7, 11) is 0. The maximum atomic E-state index is 4.48. The third kappa shape index (κ3) is 3.90. The van der Waals surface area contributed by atoms with Gasteiger partial charge in [-0.2, -0.15) is 0 Å². The zero-order chi connectivity index (χ0) is 13.7. The molecule has 2 heterocycles. The molecule has 0 amide bonds. The zero-order valence-electron chi connectivity index (χ0n) is 12.4. The quantitative estimate of drug-likeness (QED) is 0.885. The van der Waals surface area contributed by atoms with Gasteiger partial charge in [-0.3, -0.25) is 4.90 Å². The van der Waals surface area contributed by atoms with E-state index in [2.05, 4.69) is 40.1 Å². The largest absolute Gasteiger partial charge is 0.368 e. The minimum absolute atomic E-state index is 0.652. The molecular weight excluding hydrogens is 236 g/mol. The normalized spacial score (nSPS) is 20.5. The lowest BCUT2D eigenvalue weighted by molar-refractivity contribution is 0.164. The number of hydrogen-bond acceptors (Lipinski definition) is 4. The molecule has 0 saturated carbocycles. The van der Waals surface area contributed by atoms with Crippen molar-refractivity contribution in [2.24, 2.45) is 0 Å². The third-order valence-corrected chi connectivity index (χ3v) is 3.93. The van der Waals surface area contributed by atoms with Gasteiger partial charge in [0.1, 0.15) is 11.6 Å². The fraction of sp³-hybridized carbons (Fsp3) is 0.733. The van der Waals surface area contributed by atoms with E-state index >= 15 is 0 Å². The fourth-order valence-corrected chi connectivity index (χ4v) is 2.83. The summed E-state index contributed by atoms with van der Waals surface area (Å²) >= 11 is 0. The second kappa shape index (κ2) is 6.85. The number of likely N-dealkylation sites (N-methyl/N-ethyl adjacent to an activating group) is 1. The lowest BCUT2D eigenvalue weighted by Gasteiger charge is -2.35. The fourth-order valence-electron chi connectivity index (χ4n) is 2.83. The van der Waals surface area contributed by atoms with Crippen LogP contribution in [0, 0.1) is 6.92 Å². The average molecular weight is 262 g/mol. The predicted octanol–water partition coefficient (Wildman–Crippen LogP) is 2.63. The molecule has 106 valence electrons. The SMILES string of the molecule is CCc1cc(NCC2CCCCN2CC)nc(C)n1. The molecule has 1 N–H and O–H groups in total. The number of piperidine rings is 1. The van der Waals surface area contributed by atoms with Crippen LogP contribution in [0.4, 0.5) is 5.82 Å². The van der Waals surface area contributed by atoms with Crippen LogP contribution in [0.2, 0.25) is 0 Å². The highest BCUT2D eigenvalue weighted by Crippen LogP contribution is 2.17. The van der Waals surface area contributed by atoms with Crippen molar-refractivity contribution in [1.29, 1.82) is 0 Å². The molecule has 0 radical (unpaired) electrons. The van der Waals surface area contributed by atoms with Crippen LogP contribution < -0.4 is 5.32 Å². The highest BCUT2D eigenvalue weighted by molar-refractivity contribution is 5.36. The Hall–Kier alpha value is -1.16. The summed E-state index contributed by atoms with van der Waals surface area (Å²) < 4.78 is 0. The Balaban J connectivity index is 1.95. The number of anilines is 1. The van der Waals surface area contributed by atoms with Crippen molar-refractivity contribution < 1.29 is 0 Å². The third-order valence-electron chi connectivity index (χ3n) is 3.93. The summed E-state index contributed by atoms with van der Waals surface area (Å²) in [6.45, 7) is 9.73. The number of aromatic nitrogens is 2. The van der Waals surface area contributed by atoms with Gasteiger partial charge < -0.3 is 5.32 Å². The lowest BCUT2D eigenvalue weighted by atomic mass is 10.0. The van der Waals surface area contributed by atoms with Crippen LogP contribution in [0.15, 0.2) is 6.07 Å². The smallest absolute Gasteiger partial charge is 0.129 e. The van der Waals surface area contributed by atoms with Crippen molar-refractivity contribution in [3.63, 3.8) is 0 Å². The number of nitrogens with zero attached hydrogens (tertiary/aromatic N) is 3. The predicted molar refractivity (Wildman–Crippen MR) is 79.5 cm³/mol. The Morgan fingerprint density at radius 2 is 2.16 bits per heavy atom.